The highest BCUT2D eigenvalue weighted by Crippen LogP contribution is 2.37. The van der Waals surface area contributed by atoms with Crippen molar-refractivity contribution in [2.45, 2.75) is 29.8 Å². The van der Waals surface area contributed by atoms with Crippen LogP contribution in [-0.2, 0) is 16.6 Å². The van der Waals surface area contributed by atoms with Gasteiger partial charge in [0.2, 0.25) is 10.0 Å². The monoisotopic (exact) mass is 448 g/mol. The number of piperidine rings is 1. The molecule has 1 fully saturated rings. The first-order valence-corrected chi connectivity index (χ1v) is 12.0. The average Bonchev–Trinajstić information content (AvgIpc) is 2.84. The Labute approximate surface area is 187 Å². The molecule has 4 heterocycles. The van der Waals surface area contributed by atoms with Gasteiger partial charge in [-0.3, -0.25) is 9.98 Å². The van der Waals surface area contributed by atoms with Gasteiger partial charge in [0.1, 0.15) is 10.7 Å². The Morgan fingerprint density at radius 3 is 2.53 bits per heavy atom. The van der Waals surface area contributed by atoms with Crippen LogP contribution < -0.4 is 10.6 Å². The molecule has 164 valence electrons. The average molecular weight is 449 g/mol. The molecule has 2 aliphatic heterocycles. The number of aromatic nitrogens is 2. The van der Waals surface area contributed by atoms with Crippen LogP contribution in [-0.4, -0.2) is 47.2 Å². The Morgan fingerprint density at radius 1 is 1.00 bits per heavy atom. The lowest BCUT2D eigenvalue weighted by molar-refractivity contribution is 0.299. The second-order valence-electron chi connectivity index (χ2n) is 7.97. The van der Waals surface area contributed by atoms with E-state index < -0.39 is 15.6 Å². The van der Waals surface area contributed by atoms with E-state index in [4.69, 9.17) is 4.99 Å². The third-order valence-corrected chi connectivity index (χ3v) is 7.86. The van der Waals surface area contributed by atoms with Gasteiger partial charge in [-0.1, -0.05) is 30.3 Å². The summed E-state index contributed by atoms with van der Waals surface area (Å²) in [6.07, 6.45) is 5.88. The van der Waals surface area contributed by atoms with Gasteiger partial charge in [0.25, 0.3) is 0 Å². The molecule has 0 bridgehead atoms. The fourth-order valence-electron chi connectivity index (χ4n) is 4.22. The molecule has 2 aliphatic rings. The van der Waals surface area contributed by atoms with E-state index in [-0.39, 0.29) is 4.90 Å². The number of hydrogen-bond acceptors (Lipinski definition) is 6. The molecule has 0 unspecified atom stereocenters. The maximum Gasteiger partial charge on any atom is 0.244 e. The van der Waals surface area contributed by atoms with Gasteiger partial charge in [0.05, 0.1) is 17.8 Å². The summed E-state index contributed by atoms with van der Waals surface area (Å²) in [6, 6.07) is 17.2. The number of benzene rings is 1. The number of aliphatic imine (C=N–C) groups is 1. The molecule has 0 amide bonds. The minimum absolute atomic E-state index is 0.221. The number of nitrogens with zero attached hydrogens (tertiary/aromatic N) is 4. The van der Waals surface area contributed by atoms with Gasteiger partial charge in [-0.2, -0.15) is 4.31 Å². The topological polar surface area (TPSA) is 99.6 Å². The molecule has 1 saturated heterocycles. The van der Waals surface area contributed by atoms with Crippen LogP contribution in [0.2, 0.25) is 0 Å². The summed E-state index contributed by atoms with van der Waals surface area (Å²) in [7, 11) is -3.58. The van der Waals surface area contributed by atoms with Crippen LogP contribution in [0.5, 0.6) is 0 Å². The second kappa shape index (κ2) is 8.33. The number of hydrogen-bond donors (Lipinski definition) is 2. The molecule has 32 heavy (non-hydrogen) atoms. The summed E-state index contributed by atoms with van der Waals surface area (Å²) in [5.74, 6) is 1.53. The van der Waals surface area contributed by atoms with Crippen molar-refractivity contribution < 1.29 is 8.42 Å². The third kappa shape index (κ3) is 3.85. The summed E-state index contributed by atoms with van der Waals surface area (Å²) < 4.78 is 27.6. The van der Waals surface area contributed by atoms with Crippen molar-refractivity contribution in [1.29, 1.82) is 0 Å². The van der Waals surface area contributed by atoms with Crippen LogP contribution in [0.3, 0.4) is 0 Å². The minimum atomic E-state index is -3.58. The Bertz CT molecular complexity index is 1220. The smallest absolute Gasteiger partial charge is 0.244 e. The Kier molecular flexibility index (Phi) is 5.36. The van der Waals surface area contributed by atoms with Gasteiger partial charge in [0.15, 0.2) is 5.82 Å². The van der Waals surface area contributed by atoms with Crippen LogP contribution in [0.4, 0.5) is 11.5 Å². The van der Waals surface area contributed by atoms with E-state index in [2.05, 4.69) is 20.6 Å². The number of nitrogens with one attached hydrogen (secondary N) is 2. The van der Waals surface area contributed by atoms with Gasteiger partial charge in [-0.15, -0.1) is 0 Å². The van der Waals surface area contributed by atoms with E-state index in [0.717, 1.165) is 22.9 Å². The molecular formula is C23H24N6O2S. The van der Waals surface area contributed by atoms with Crippen LogP contribution in [0.1, 0.15) is 18.4 Å². The number of rotatable bonds is 4. The highest BCUT2D eigenvalue weighted by molar-refractivity contribution is 7.89. The highest BCUT2D eigenvalue weighted by Gasteiger charge is 2.45. The number of amidine groups is 1. The molecule has 1 spiro atoms. The van der Waals surface area contributed by atoms with E-state index >= 15 is 0 Å². The van der Waals surface area contributed by atoms with Crippen molar-refractivity contribution in [1.82, 2.24) is 14.3 Å². The molecular weight excluding hydrogens is 424 g/mol. The van der Waals surface area contributed by atoms with Crippen molar-refractivity contribution in [3.05, 3.63) is 78.8 Å². The molecule has 5 rings (SSSR count). The van der Waals surface area contributed by atoms with Crippen LogP contribution >= 0.6 is 0 Å². The van der Waals surface area contributed by atoms with E-state index in [9.17, 15) is 8.42 Å². The first-order chi connectivity index (χ1) is 15.6. The summed E-state index contributed by atoms with van der Waals surface area (Å²) in [4.78, 5) is 13.5. The van der Waals surface area contributed by atoms with Crippen LogP contribution in [0, 0.1) is 0 Å². The summed E-state index contributed by atoms with van der Waals surface area (Å²) in [5, 5.41) is 7.03. The largest absolute Gasteiger partial charge is 0.370 e. The van der Waals surface area contributed by atoms with Crippen LogP contribution in [0.25, 0.3) is 0 Å². The van der Waals surface area contributed by atoms with Gasteiger partial charge >= 0.3 is 0 Å². The Morgan fingerprint density at radius 2 is 1.78 bits per heavy atom. The molecule has 0 radical (unpaired) electrons. The maximum absolute atomic E-state index is 13.1. The lowest BCUT2D eigenvalue weighted by Crippen LogP contribution is -2.59. The molecule has 9 heteroatoms. The zero-order chi connectivity index (χ0) is 22.0. The molecule has 8 nitrogen and oxygen atoms in total. The fraction of sp³-hybridized carbons (Fsp3) is 0.261. The van der Waals surface area contributed by atoms with Crippen molar-refractivity contribution in [3.8, 4) is 0 Å². The lowest BCUT2D eigenvalue weighted by Gasteiger charge is -2.45. The number of sulfonamides is 1. The van der Waals surface area contributed by atoms with Gasteiger partial charge in [-0.05, 0) is 42.7 Å². The van der Waals surface area contributed by atoms with E-state index in [1.54, 1.807) is 24.5 Å². The minimum Gasteiger partial charge on any atom is -0.370 e. The molecule has 3 aromatic rings. The van der Waals surface area contributed by atoms with E-state index in [1.807, 2.05) is 42.5 Å². The van der Waals surface area contributed by atoms with E-state index in [0.29, 0.717) is 32.5 Å². The number of anilines is 2. The zero-order valence-corrected chi connectivity index (χ0v) is 18.3. The number of pyridine rings is 2. The summed E-state index contributed by atoms with van der Waals surface area (Å²) in [6.45, 7) is 1.30. The van der Waals surface area contributed by atoms with Gasteiger partial charge < -0.3 is 10.6 Å². The molecule has 0 saturated carbocycles. The SMILES string of the molecule is O=S(=O)(c1cccnc1)N1CCC2(CC1)Nc1cccnc1NC2=NCc1ccccc1. The molecule has 2 aromatic heterocycles. The molecule has 2 N–H and O–H groups in total. The predicted molar refractivity (Wildman–Crippen MR) is 124 cm³/mol. The maximum atomic E-state index is 13.1. The first kappa shape index (κ1) is 20.6. The van der Waals surface area contributed by atoms with Crippen LogP contribution in [0.15, 0.2) is 83.1 Å². The molecule has 0 aliphatic carbocycles. The van der Waals surface area contributed by atoms with Crippen molar-refractivity contribution in [3.63, 3.8) is 0 Å². The fourth-order valence-corrected chi connectivity index (χ4v) is 5.62. The van der Waals surface area contributed by atoms with Gasteiger partial charge in [0, 0.05) is 31.7 Å². The Hall–Kier alpha value is -3.30. The van der Waals surface area contributed by atoms with E-state index in [1.165, 1.54) is 10.5 Å². The summed E-state index contributed by atoms with van der Waals surface area (Å²) in [5.41, 5.74) is 1.53. The normalized spacial score (nSPS) is 19.2. The Balaban J connectivity index is 1.42. The first-order valence-electron chi connectivity index (χ1n) is 10.6. The summed E-state index contributed by atoms with van der Waals surface area (Å²) >= 11 is 0. The van der Waals surface area contributed by atoms with Crippen molar-refractivity contribution >= 4 is 27.4 Å². The third-order valence-electron chi connectivity index (χ3n) is 5.98. The second-order valence-corrected chi connectivity index (χ2v) is 9.91. The lowest BCUT2D eigenvalue weighted by atomic mass is 9.85. The highest BCUT2D eigenvalue weighted by atomic mass is 32.2. The predicted octanol–water partition coefficient (Wildman–Crippen LogP) is 3.14. The number of fused-ring (bicyclic) bond motifs is 1. The van der Waals surface area contributed by atoms with Crippen molar-refractivity contribution in [2.75, 3.05) is 23.7 Å². The quantitative estimate of drug-likeness (QED) is 0.636. The zero-order valence-electron chi connectivity index (χ0n) is 17.5. The van der Waals surface area contributed by atoms with Gasteiger partial charge in [-0.25, -0.2) is 13.4 Å². The standard InChI is InChI=1S/C23H24N6O2S/c30-32(31,19-8-4-12-24-17-19)29-14-10-23(11-15-29)22(26-16-18-6-2-1-3-7-18)27-21-20(28-23)9-5-13-25-21/h1-9,12-13,17,28H,10-11,14-16H2,(H,25,26,27). The molecule has 0 atom stereocenters. The van der Waals surface area contributed by atoms with Crippen molar-refractivity contribution in [2.24, 2.45) is 4.99 Å². The molecule has 1 aromatic carbocycles.